The van der Waals surface area contributed by atoms with Crippen molar-refractivity contribution in [3.05, 3.63) is 35.6 Å². The molecule has 1 aromatic rings. The van der Waals surface area contributed by atoms with E-state index in [4.69, 9.17) is 9.84 Å². The predicted molar refractivity (Wildman–Crippen MR) is 71.7 cm³/mol. The van der Waals surface area contributed by atoms with Gasteiger partial charge in [0.1, 0.15) is 5.82 Å². The lowest BCUT2D eigenvalue weighted by Crippen LogP contribution is -2.27. The maximum atomic E-state index is 13.0. The summed E-state index contributed by atoms with van der Waals surface area (Å²) in [5, 5.41) is 18.2. The molecule has 0 amide bonds. The Morgan fingerprint density at radius 2 is 1.90 bits per heavy atom. The number of carboxylic acid groups (broad SMARTS) is 1. The average molecular weight is 293 g/mol. The number of ether oxygens (including phenoxy) is 1. The second kappa shape index (κ2) is 7.39. The van der Waals surface area contributed by atoms with Gasteiger partial charge in [0.05, 0.1) is 18.6 Å². The number of carboxylic acids is 1. The van der Waals surface area contributed by atoms with E-state index in [0.717, 1.165) is 12.1 Å². The van der Waals surface area contributed by atoms with Gasteiger partial charge in [0.15, 0.2) is 5.92 Å². The van der Waals surface area contributed by atoms with Crippen LogP contribution >= 0.6 is 0 Å². The number of carbonyl (C=O) groups is 2. The van der Waals surface area contributed by atoms with Crippen LogP contribution in [0.3, 0.4) is 0 Å². The van der Waals surface area contributed by atoms with Crippen molar-refractivity contribution in [2.45, 2.75) is 32.3 Å². The van der Waals surface area contributed by atoms with E-state index in [0.29, 0.717) is 5.56 Å². The van der Waals surface area contributed by atoms with Crippen molar-refractivity contribution in [1.82, 2.24) is 0 Å². The number of benzene rings is 1. The zero-order valence-electron chi connectivity index (χ0n) is 11.7. The van der Waals surface area contributed by atoms with Crippen LogP contribution in [-0.2, 0) is 14.3 Å². The van der Waals surface area contributed by atoms with Crippen molar-refractivity contribution in [1.29, 1.82) is 5.26 Å². The van der Waals surface area contributed by atoms with E-state index in [-0.39, 0.29) is 0 Å². The van der Waals surface area contributed by atoms with Gasteiger partial charge in [0.2, 0.25) is 0 Å². The SMILES string of the molecule is CC(C)OC(=O)C(C#N)C(CC(=O)O)c1ccc(F)cc1. The Morgan fingerprint density at radius 1 is 1.33 bits per heavy atom. The number of aliphatic carboxylic acids is 1. The third-order valence-electron chi connectivity index (χ3n) is 2.84. The maximum absolute atomic E-state index is 13.0. The first kappa shape index (κ1) is 16.6. The lowest BCUT2D eigenvalue weighted by atomic mass is 9.84. The second-order valence-electron chi connectivity index (χ2n) is 4.85. The van der Waals surface area contributed by atoms with Gasteiger partial charge in [-0.2, -0.15) is 5.26 Å². The first-order valence-corrected chi connectivity index (χ1v) is 6.42. The minimum atomic E-state index is -1.26. The third kappa shape index (κ3) is 4.88. The number of nitrogens with zero attached hydrogens (tertiary/aromatic N) is 1. The lowest BCUT2D eigenvalue weighted by molar-refractivity contribution is -0.151. The van der Waals surface area contributed by atoms with Crippen LogP contribution in [0, 0.1) is 23.1 Å². The van der Waals surface area contributed by atoms with Gasteiger partial charge in [0.25, 0.3) is 0 Å². The van der Waals surface area contributed by atoms with Gasteiger partial charge in [0, 0.05) is 5.92 Å². The van der Waals surface area contributed by atoms with Crippen molar-refractivity contribution in [3.8, 4) is 6.07 Å². The number of esters is 1. The Labute approximate surface area is 122 Å². The summed E-state index contributed by atoms with van der Waals surface area (Å²) in [5.74, 6) is -4.55. The highest BCUT2D eigenvalue weighted by molar-refractivity contribution is 5.78. The topological polar surface area (TPSA) is 87.4 Å². The zero-order valence-corrected chi connectivity index (χ0v) is 11.7. The Morgan fingerprint density at radius 3 is 2.33 bits per heavy atom. The smallest absolute Gasteiger partial charge is 0.324 e. The molecule has 0 aliphatic carbocycles. The van der Waals surface area contributed by atoms with Crippen LogP contribution < -0.4 is 0 Å². The standard InChI is InChI=1S/C15H16FNO4/c1-9(2)21-15(20)13(8-17)12(7-14(18)19)10-3-5-11(16)6-4-10/h3-6,9,12-13H,7H2,1-2H3,(H,18,19). The fourth-order valence-electron chi connectivity index (χ4n) is 1.94. The van der Waals surface area contributed by atoms with Crippen molar-refractivity contribution < 1.29 is 23.8 Å². The molecule has 21 heavy (non-hydrogen) atoms. The summed E-state index contributed by atoms with van der Waals surface area (Å²) in [6, 6.07) is 6.85. The Kier molecular flexibility index (Phi) is 5.85. The minimum Gasteiger partial charge on any atom is -0.481 e. The van der Waals surface area contributed by atoms with E-state index in [1.165, 1.54) is 12.1 Å². The monoisotopic (exact) mass is 293 g/mol. The van der Waals surface area contributed by atoms with Gasteiger partial charge in [-0.25, -0.2) is 4.39 Å². The van der Waals surface area contributed by atoms with Crippen LogP contribution in [0.4, 0.5) is 4.39 Å². The van der Waals surface area contributed by atoms with E-state index in [1.807, 2.05) is 0 Å². The van der Waals surface area contributed by atoms with Gasteiger partial charge in [-0.05, 0) is 31.5 Å². The van der Waals surface area contributed by atoms with Crippen molar-refractivity contribution >= 4 is 11.9 Å². The molecule has 0 saturated carbocycles. The average Bonchev–Trinajstić information content (AvgIpc) is 2.38. The molecule has 0 spiro atoms. The molecule has 6 heteroatoms. The zero-order chi connectivity index (χ0) is 16.0. The molecule has 0 fully saturated rings. The molecule has 5 nitrogen and oxygen atoms in total. The molecule has 0 aliphatic heterocycles. The molecule has 112 valence electrons. The fourth-order valence-corrected chi connectivity index (χ4v) is 1.94. The summed E-state index contributed by atoms with van der Waals surface area (Å²) in [5.41, 5.74) is 0.408. The summed E-state index contributed by atoms with van der Waals surface area (Å²) in [4.78, 5) is 22.9. The quantitative estimate of drug-likeness (QED) is 0.814. The molecule has 1 N–H and O–H groups in total. The molecule has 2 unspecified atom stereocenters. The minimum absolute atomic E-state index is 0.408. The Bertz CT molecular complexity index is 548. The van der Waals surface area contributed by atoms with Crippen LogP contribution in [0.1, 0.15) is 31.7 Å². The maximum Gasteiger partial charge on any atom is 0.324 e. The fraction of sp³-hybridized carbons (Fsp3) is 0.400. The van der Waals surface area contributed by atoms with Crippen LogP contribution in [0.2, 0.25) is 0 Å². The number of nitriles is 1. The molecular weight excluding hydrogens is 277 g/mol. The summed E-state index contributed by atoms with van der Waals surface area (Å²) in [6.07, 6.45) is -0.830. The molecule has 0 bridgehead atoms. The molecule has 1 aromatic carbocycles. The molecule has 0 heterocycles. The Hall–Kier alpha value is -2.42. The molecule has 0 saturated heterocycles. The lowest BCUT2D eigenvalue weighted by Gasteiger charge is -2.20. The van der Waals surface area contributed by atoms with Crippen molar-refractivity contribution in [2.24, 2.45) is 5.92 Å². The van der Waals surface area contributed by atoms with Crippen LogP contribution in [0.5, 0.6) is 0 Å². The predicted octanol–water partition coefficient (Wildman–Crippen LogP) is 2.48. The van der Waals surface area contributed by atoms with E-state index in [1.54, 1.807) is 19.9 Å². The van der Waals surface area contributed by atoms with E-state index in [2.05, 4.69) is 0 Å². The number of hydrogen-bond donors (Lipinski definition) is 1. The van der Waals surface area contributed by atoms with Crippen molar-refractivity contribution in [3.63, 3.8) is 0 Å². The number of rotatable bonds is 6. The van der Waals surface area contributed by atoms with E-state index in [9.17, 15) is 19.2 Å². The molecule has 0 aliphatic rings. The second-order valence-corrected chi connectivity index (χ2v) is 4.85. The number of carbonyl (C=O) groups excluding carboxylic acids is 1. The van der Waals surface area contributed by atoms with Gasteiger partial charge in [-0.15, -0.1) is 0 Å². The van der Waals surface area contributed by atoms with Crippen LogP contribution in [0.15, 0.2) is 24.3 Å². The first-order valence-electron chi connectivity index (χ1n) is 6.42. The summed E-state index contributed by atoms with van der Waals surface area (Å²) in [6.45, 7) is 3.27. The summed E-state index contributed by atoms with van der Waals surface area (Å²) in [7, 11) is 0. The normalized spacial score (nSPS) is 13.3. The van der Waals surface area contributed by atoms with Gasteiger partial charge < -0.3 is 9.84 Å². The number of halogens is 1. The highest BCUT2D eigenvalue weighted by atomic mass is 19.1. The van der Waals surface area contributed by atoms with Crippen molar-refractivity contribution in [2.75, 3.05) is 0 Å². The Balaban J connectivity index is 3.10. The summed E-state index contributed by atoms with van der Waals surface area (Å²) >= 11 is 0. The third-order valence-corrected chi connectivity index (χ3v) is 2.84. The first-order chi connectivity index (χ1) is 9.85. The molecule has 0 aromatic heterocycles. The van der Waals surface area contributed by atoms with E-state index >= 15 is 0 Å². The van der Waals surface area contributed by atoms with Gasteiger partial charge in [-0.3, -0.25) is 9.59 Å². The highest BCUT2D eigenvalue weighted by Gasteiger charge is 2.33. The van der Waals surface area contributed by atoms with E-state index < -0.39 is 42.1 Å². The van der Waals surface area contributed by atoms with Crippen LogP contribution in [-0.4, -0.2) is 23.1 Å². The molecule has 2 atom stereocenters. The van der Waals surface area contributed by atoms with Gasteiger partial charge in [-0.1, -0.05) is 12.1 Å². The summed E-state index contributed by atoms with van der Waals surface area (Å²) < 4.78 is 17.9. The highest BCUT2D eigenvalue weighted by Crippen LogP contribution is 2.29. The molecular formula is C15H16FNO4. The van der Waals surface area contributed by atoms with Crippen LogP contribution in [0.25, 0.3) is 0 Å². The molecule has 1 rings (SSSR count). The largest absolute Gasteiger partial charge is 0.481 e. The van der Waals surface area contributed by atoms with Gasteiger partial charge >= 0.3 is 11.9 Å². The number of hydrogen-bond acceptors (Lipinski definition) is 4. The molecule has 0 radical (unpaired) electrons.